The van der Waals surface area contributed by atoms with Crippen molar-refractivity contribution in [2.24, 2.45) is 0 Å². The van der Waals surface area contributed by atoms with Crippen LogP contribution in [0.1, 0.15) is 66.9 Å². The highest BCUT2D eigenvalue weighted by Crippen LogP contribution is 2.24. The molecule has 5 rings (SSSR count). The second kappa shape index (κ2) is 14.1. The highest BCUT2D eigenvalue weighted by Gasteiger charge is 2.18. The maximum absolute atomic E-state index is 12.9. The number of hydrogen-bond acceptors (Lipinski definition) is 6. The fraction of sp³-hybridized carbons (Fsp3) is 0.484. The largest absolute Gasteiger partial charge is 0.493 e. The van der Waals surface area contributed by atoms with Gasteiger partial charge in [-0.05, 0) is 49.3 Å². The molecule has 9 heteroatoms. The molecule has 0 spiro atoms. The van der Waals surface area contributed by atoms with Crippen molar-refractivity contribution in [3.05, 3.63) is 76.9 Å². The number of benzene rings is 2. The summed E-state index contributed by atoms with van der Waals surface area (Å²) in [5.41, 5.74) is 3.04. The van der Waals surface area contributed by atoms with Gasteiger partial charge in [-0.2, -0.15) is 0 Å². The van der Waals surface area contributed by atoms with Crippen LogP contribution in [0.25, 0.3) is 0 Å². The van der Waals surface area contributed by atoms with E-state index in [-0.39, 0.29) is 18.2 Å². The third kappa shape index (κ3) is 7.91. The number of nitrogens with zero attached hydrogens (tertiary/aromatic N) is 4. The summed E-state index contributed by atoms with van der Waals surface area (Å²) in [6.45, 7) is 4.07. The molecule has 3 heterocycles. The molecule has 0 atom stereocenters. The van der Waals surface area contributed by atoms with Gasteiger partial charge in [-0.3, -0.25) is 14.5 Å². The SMILES string of the molecule is O=C(Cc1ccc2c(c1)CN(Cc1ccccc1)CC(=O)NCCCCCO2)NCc1nnc2n1CCCCC2. The molecule has 0 aliphatic carbocycles. The van der Waals surface area contributed by atoms with Gasteiger partial charge >= 0.3 is 0 Å². The molecule has 0 bridgehead atoms. The Morgan fingerprint density at radius 1 is 0.950 bits per heavy atom. The van der Waals surface area contributed by atoms with Crippen molar-refractivity contribution >= 4 is 11.8 Å². The van der Waals surface area contributed by atoms with Crippen molar-refractivity contribution in [2.45, 2.75) is 77.5 Å². The summed E-state index contributed by atoms with van der Waals surface area (Å²) in [6.07, 6.45) is 7.52. The zero-order valence-corrected chi connectivity index (χ0v) is 23.2. The van der Waals surface area contributed by atoms with Crippen LogP contribution in [0.3, 0.4) is 0 Å². The summed E-state index contributed by atoms with van der Waals surface area (Å²) in [7, 11) is 0. The highest BCUT2D eigenvalue weighted by molar-refractivity contribution is 5.79. The summed E-state index contributed by atoms with van der Waals surface area (Å²) in [5, 5.41) is 14.8. The molecule has 0 radical (unpaired) electrons. The third-order valence-corrected chi connectivity index (χ3v) is 7.53. The Balaban J connectivity index is 1.29. The van der Waals surface area contributed by atoms with Crippen LogP contribution in [0.2, 0.25) is 0 Å². The highest BCUT2D eigenvalue weighted by atomic mass is 16.5. The number of aromatic nitrogens is 3. The molecular formula is C31H40N6O3. The lowest BCUT2D eigenvalue weighted by Gasteiger charge is -2.23. The summed E-state index contributed by atoms with van der Waals surface area (Å²) >= 11 is 0. The lowest BCUT2D eigenvalue weighted by molar-refractivity contribution is -0.122. The molecule has 1 aromatic heterocycles. The number of rotatable bonds is 6. The first-order valence-corrected chi connectivity index (χ1v) is 14.6. The first-order chi connectivity index (χ1) is 19.6. The van der Waals surface area contributed by atoms with E-state index in [0.717, 1.165) is 79.2 Å². The number of nitrogens with one attached hydrogen (secondary N) is 2. The molecule has 0 saturated carbocycles. The number of amides is 2. The van der Waals surface area contributed by atoms with Crippen LogP contribution < -0.4 is 15.4 Å². The van der Waals surface area contributed by atoms with E-state index in [0.29, 0.717) is 39.3 Å². The van der Waals surface area contributed by atoms with Crippen molar-refractivity contribution < 1.29 is 14.3 Å². The maximum atomic E-state index is 12.9. The van der Waals surface area contributed by atoms with Gasteiger partial charge in [-0.15, -0.1) is 10.2 Å². The average Bonchev–Trinajstić information content (AvgIpc) is 3.18. The topological polar surface area (TPSA) is 101 Å². The molecule has 2 aromatic carbocycles. The van der Waals surface area contributed by atoms with Crippen molar-refractivity contribution in [1.29, 1.82) is 0 Å². The zero-order chi connectivity index (χ0) is 27.6. The first kappa shape index (κ1) is 27.8. The van der Waals surface area contributed by atoms with Crippen molar-refractivity contribution in [3.8, 4) is 5.75 Å². The van der Waals surface area contributed by atoms with Gasteiger partial charge in [0.1, 0.15) is 11.6 Å². The van der Waals surface area contributed by atoms with Gasteiger partial charge in [0, 0.05) is 38.2 Å². The van der Waals surface area contributed by atoms with E-state index in [2.05, 4.69) is 42.4 Å². The van der Waals surface area contributed by atoms with Crippen LogP contribution in [0.4, 0.5) is 0 Å². The Morgan fingerprint density at radius 3 is 2.73 bits per heavy atom. The van der Waals surface area contributed by atoms with Gasteiger partial charge in [-0.25, -0.2) is 0 Å². The number of carbonyl (C=O) groups is 2. The molecule has 2 N–H and O–H groups in total. The van der Waals surface area contributed by atoms with E-state index in [1.807, 2.05) is 36.4 Å². The predicted octanol–water partition coefficient (Wildman–Crippen LogP) is 3.54. The standard InChI is InChI=1S/C31H40N6O3/c38-30(33-20-29-35-34-28-12-6-2-8-16-37(28)29)19-25-13-14-27-26(18-25)22-36(21-24-10-4-1-5-11-24)23-31(39)32-15-7-3-9-17-40-27/h1,4-5,10-11,13-14,18H,2-3,6-9,12,15-17,19-23H2,(H,32,39)(H,33,38). The van der Waals surface area contributed by atoms with Crippen LogP contribution in [-0.2, 0) is 48.6 Å². The number of ether oxygens (including phenoxy) is 1. The van der Waals surface area contributed by atoms with Gasteiger partial charge < -0.3 is 19.9 Å². The molecule has 0 saturated heterocycles. The van der Waals surface area contributed by atoms with E-state index in [1.54, 1.807) is 0 Å². The number of carbonyl (C=O) groups excluding carboxylic acids is 2. The van der Waals surface area contributed by atoms with Gasteiger partial charge in [0.15, 0.2) is 5.82 Å². The Bertz CT molecular complexity index is 1280. The monoisotopic (exact) mass is 544 g/mol. The van der Waals surface area contributed by atoms with Gasteiger partial charge in [0.25, 0.3) is 0 Å². The molecule has 0 unspecified atom stereocenters. The first-order valence-electron chi connectivity index (χ1n) is 14.6. The average molecular weight is 545 g/mol. The summed E-state index contributed by atoms with van der Waals surface area (Å²) < 4.78 is 8.35. The molecule has 40 heavy (non-hydrogen) atoms. The lowest BCUT2D eigenvalue weighted by atomic mass is 10.1. The van der Waals surface area contributed by atoms with Gasteiger partial charge in [0.2, 0.25) is 11.8 Å². The zero-order valence-electron chi connectivity index (χ0n) is 23.2. The Kier molecular flexibility index (Phi) is 9.79. The molecule has 2 aliphatic heterocycles. The minimum atomic E-state index is -0.0583. The summed E-state index contributed by atoms with van der Waals surface area (Å²) in [4.78, 5) is 27.8. The van der Waals surface area contributed by atoms with E-state index >= 15 is 0 Å². The number of fused-ring (bicyclic) bond motifs is 2. The predicted molar refractivity (Wildman–Crippen MR) is 152 cm³/mol. The lowest BCUT2D eigenvalue weighted by Crippen LogP contribution is -2.37. The molecule has 3 aromatic rings. The van der Waals surface area contributed by atoms with Crippen molar-refractivity contribution in [2.75, 3.05) is 19.7 Å². The second-order valence-corrected chi connectivity index (χ2v) is 10.8. The number of aryl methyl sites for hydroxylation is 1. The molecular weight excluding hydrogens is 504 g/mol. The van der Waals surface area contributed by atoms with Crippen LogP contribution >= 0.6 is 0 Å². The number of hydrogen-bond donors (Lipinski definition) is 2. The fourth-order valence-corrected chi connectivity index (χ4v) is 5.43. The molecule has 2 amide bonds. The van der Waals surface area contributed by atoms with Crippen LogP contribution in [0, 0.1) is 0 Å². The maximum Gasteiger partial charge on any atom is 0.234 e. The fourth-order valence-electron chi connectivity index (χ4n) is 5.43. The minimum Gasteiger partial charge on any atom is -0.493 e. The van der Waals surface area contributed by atoms with E-state index in [1.165, 1.54) is 6.42 Å². The molecule has 2 aliphatic rings. The van der Waals surface area contributed by atoms with Gasteiger partial charge in [-0.1, -0.05) is 48.9 Å². The van der Waals surface area contributed by atoms with Gasteiger partial charge in [0.05, 0.1) is 26.1 Å². The Morgan fingerprint density at radius 2 is 1.82 bits per heavy atom. The normalized spacial score (nSPS) is 17.1. The quantitative estimate of drug-likeness (QED) is 0.492. The second-order valence-electron chi connectivity index (χ2n) is 10.8. The van der Waals surface area contributed by atoms with Crippen molar-refractivity contribution in [3.63, 3.8) is 0 Å². The minimum absolute atomic E-state index is 0.0274. The van der Waals surface area contributed by atoms with Crippen LogP contribution in [0.15, 0.2) is 48.5 Å². The van der Waals surface area contributed by atoms with E-state index < -0.39 is 0 Å². The van der Waals surface area contributed by atoms with Crippen molar-refractivity contribution in [1.82, 2.24) is 30.3 Å². The molecule has 212 valence electrons. The van der Waals surface area contributed by atoms with Crippen LogP contribution in [-0.4, -0.2) is 51.2 Å². The van der Waals surface area contributed by atoms with E-state index in [4.69, 9.17) is 4.74 Å². The Labute approximate surface area is 236 Å². The van der Waals surface area contributed by atoms with Crippen LogP contribution in [0.5, 0.6) is 5.75 Å². The smallest absolute Gasteiger partial charge is 0.234 e. The molecule has 9 nitrogen and oxygen atoms in total. The third-order valence-electron chi connectivity index (χ3n) is 7.53. The Hall–Kier alpha value is -3.72. The van der Waals surface area contributed by atoms with E-state index in [9.17, 15) is 9.59 Å². The summed E-state index contributed by atoms with van der Waals surface area (Å²) in [5.74, 6) is 2.62. The molecule has 0 fully saturated rings. The summed E-state index contributed by atoms with van der Waals surface area (Å²) in [6, 6.07) is 16.2.